The molecule has 0 aromatic heterocycles. The maximum atomic E-state index is 12.0. The largest absolute Gasteiger partial charge is 0.384 e. The third-order valence-corrected chi connectivity index (χ3v) is 4.56. The van der Waals surface area contributed by atoms with Crippen molar-refractivity contribution >= 4 is 17.5 Å². The molecule has 1 aromatic carbocycles. The first-order valence-corrected chi connectivity index (χ1v) is 8.05. The highest BCUT2D eigenvalue weighted by atomic mass is 16.2. The molecular formula is C17H23N3O2. The molecule has 0 aliphatic carbocycles. The minimum atomic E-state index is -0.203. The SMILES string of the molecule is CN1C(=O)Cc2cc(NCCN3CCCCC3)ccc2C1=O. The van der Waals surface area contributed by atoms with E-state index in [1.807, 2.05) is 18.2 Å². The molecule has 5 heteroatoms. The first-order chi connectivity index (χ1) is 10.6. The number of hydrogen-bond acceptors (Lipinski definition) is 4. The van der Waals surface area contributed by atoms with Gasteiger partial charge in [0.2, 0.25) is 5.91 Å². The summed E-state index contributed by atoms with van der Waals surface area (Å²) in [6, 6.07) is 5.69. The van der Waals surface area contributed by atoms with E-state index in [1.165, 1.54) is 37.3 Å². The summed E-state index contributed by atoms with van der Waals surface area (Å²) in [6.07, 6.45) is 4.26. The fraction of sp³-hybridized carbons (Fsp3) is 0.529. The summed E-state index contributed by atoms with van der Waals surface area (Å²) in [7, 11) is 1.54. The average molecular weight is 301 g/mol. The van der Waals surface area contributed by atoms with Crippen molar-refractivity contribution in [3.05, 3.63) is 29.3 Å². The Bertz CT molecular complexity index is 579. The van der Waals surface area contributed by atoms with Gasteiger partial charge >= 0.3 is 0 Å². The number of carbonyl (C=O) groups excluding carboxylic acids is 2. The van der Waals surface area contributed by atoms with Crippen molar-refractivity contribution in [2.24, 2.45) is 0 Å². The van der Waals surface area contributed by atoms with Crippen molar-refractivity contribution < 1.29 is 9.59 Å². The van der Waals surface area contributed by atoms with Crippen LogP contribution >= 0.6 is 0 Å². The number of fused-ring (bicyclic) bond motifs is 1. The fourth-order valence-electron chi connectivity index (χ4n) is 3.18. The Balaban J connectivity index is 1.60. The number of likely N-dealkylation sites (N-methyl/N-ethyl adjacent to an activating group) is 1. The van der Waals surface area contributed by atoms with E-state index in [4.69, 9.17) is 0 Å². The van der Waals surface area contributed by atoms with Crippen molar-refractivity contribution in [3.63, 3.8) is 0 Å². The van der Waals surface area contributed by atoms with Crippen molar-refractivity contribution in [2.45, 2.75) is 25.7 Å². The molecule has 0 saturated carbocycles. The van der Waals surface area contributed by atoms with E-state index in [1.54, 1.807) is 7.05 Å². The van der Waals surface area contributed by atoms with Crippen LogP contribution in [0, 0.1) is 0 Å². The summed E-state index contributed by atoms with van der Waals surface area (Å²) >= 11 is 0. The van der Waals surface area contributed by atoms with Crippen LogP contribution in [0.3, 0.4) is 0 Å². The Kier molecular flexibility index (Phi) is 4.43. The molecule has 118 valence electrons. The molecule has 0 spiro atoms. The van der Waals surface area contributed by atoms with E-state index in [0.29, 0.717) is 12.0 Å². The normalized spacial score (nSPS) is 19.2. The molecule has 3 rings (SSSR count). The molecule has 1 fully saturated rings. The molecule has 2 aliphatic rings. The molecule has 22 heavy (non-hydrogen) atoms. The minimum Gasteiger partial charge on any atom is -0.384 e. The van der Waals surface area contributed by atoms with Gasteiger partial charge in [0.25, 0.3) is 5.91 Å². The predicted octanol–water partition coefficient (Wildman–Crippen LogP) is 1.74. The summed E-state index contributed by atoms with van der Waals surface area (Å²) in [5.74, 6) is -0.339. The van der Waals surface area contributed by atoms with Crippen LogP contribution in [0.1, 0.15) is 35.2 Å². The van der Waals surface area contributed by atoms with Crippen LogP contribution in [0.25, 0.3) is 0 Å². The third kappa shape index (κ3) is 3.14. The molecule has 0 unspecified atom stereocenters. The molecule has 0 radical (unpaired) electrons. The zero-order chi connectivity index (χ0) is 15.5. The van der Waals surface area contributed by atoms with E-state index >= 15 is 0 Å². The topological polar surface area (TPSA) is 52.7 Å². The molecular weight excluding hydrogens is 278 g/mol. The summed E-state index contributed by atoms with van der Waals surface area (Å²) in [5, 5.41) is 3.41. The second-order valence-corrected chi connectivity index (χ2v) is 6.14. The summed E-state index contributed by atoms with van der Waals surface area (Å²) in [6.45, 7) is 4.32. The molecule has 2 heterocycles. The van der Waals surface area contributed by atoms with E-state index < -0.39 is 0 Å². The second-order valence-electron chi connectivity index (χ2n) is 6.14. The van der Waals surface area contributed by atoms with E-state index in [9.17, 15) is 9.59 Å². The fourth-order valence-corrected chi connectivity index (χ4v) is 3.18. The number of nitrogens with one attached hydrogen (secondary N) is 1. The summed E-state index contributed by atoms with van der Waals surface area (Å²) < 4.78 is 0. The lowest BCUT2D eigenvalue weighted by atomic mass is 9.98. The highest BCUT2D eigenvalue weighted by Crippen LogP contribution is 2.22. The summed E-state index contributed by atoms with van der Waals surface area (Å²) in [4.78, 5) is 27.5. The average Bonchev–Trinajstić information content (AvgIpc) is 2.54. The maximum Gasteiger partial charge on any atom is 0.260 e. The number of benzene rings is 1. The van der Waals surface area contributed by atoms with E-state index in [2.05, 4.69) is 10.2 Å². The highest BCUT2D eigenvalue weighted by Gasteiger charge is 2.27. The Morgan fingerprint density at radius 3 is 2.68 bits per heavy atom. The van der Waals surface area contributed by atoms with Gasteiger partial charge in [-0.2, -0.15) is 0 Å². The molecule has 5 nitrogen and oxygen atoms in total. The van der Waals surface area contributed by atoms with Gasteiger partial charge in [-0.1, -0.05) is 6.42 Å². The lowest BCUT2D eigenvalue weighted by Gasteiger charge is -2.27. The number of imide groups is 1. The first kappa shape index (κ1) is 15.0. The van der Waals surface area contributed by atoms with Gasteiger partial charge in [0.05, 0.1) is 6.42 Å². The van der Waals surface area contributed by atoms with Gasteiger partial charge in [-0.15, -0.1) is 0 Å². The molecule has 2 aliphatic heterocycles. The minimum absolute atomic E-state index is 0.136. The molecule has 1 aromatic rings. The van der Waals surface area contributed by atoms with Crippen LogP contribution in [0.2, 0.25) is 0 Å². The number of nitrogens with zero attached hydrogens (tertiary/aromatic N) is 2. The van der Waals surface area contributed by atoms with E-state index in [-0.39, 0.29) is 11.8 Å². The van der Waals surface area contributed by atoms with Crippen LogP contribution < -0.4 is 5.32 Å². The lowest BCUT2D eigenvalue weighted by Crippen LogP contribution is -2.39. The van der Waals surface area contributed by atoms with Crippen molar-refractivity contribution in [3.8, 4) is 0 Å². The summed E-state index contributed by atoms with van der Waals surface area (Å²) in [5.41, 5.74) is 2.46. The van der Waals surface area contributed by atoms with Crippen LogP contribution in [-0.2, 0) is 11.2 Å². The van der Waals surface area contributed by atoms with Gasteiger partial charge in [-0.05, 0) is 49.7 Å². The standard InChI is InChI=1S/C17H23N3O2/c1-19-16(21)12-13-11-14(5-6-15(13)17(19)22)18-7-10-20-8-3-2-4-9-20/h5-6,11,18H,2-4,7-10,12H2,1H3. The van der Waals surface area contributed by atoms with Gasteiger partial charge in [0.1, 0.15) is 0 Å². The Hall–Kier alpha value is -1.88. The van der Waals surface area contributed by atoms with Crippen LogP contribution in [0.4, 0.5) is 5.69 Å². The smallest absolute Gasteiger partial charge is 0.260 e. The monoisotopic (exact) mass is 301 g/mol. The quantitative estimate of drug-likeness (QED) is 0.861. The Labute approximate surface area is 131 Å². The third-order valence-electron chi connectivity index (χ3n) is 4.56. The maximum absolute atomic E-state index is 12.0. The zero-order valence-corrected chi connectivity index (χ0v) is 13.1. The van der Waals surface area contributed by atoms with Gasteiger partial charge in [0.15, 0.2) is 0 Å². The zero-order valence-electron chi connectivity index (χ0n) is 13.1. The predicted molar refractivity (Wildman–Crippen MR) is 86.0 cm³/mol. The van der Waals surface area contributed by atoms with Crippen molar-refractivity contribution in [1.29, 1.82) is 0 Å². The number of carbonyl (C=O) groups is 2. The molecule has 1 N–H and O–H groups in total. The van der Waals surface area contributed by atoms with Gasteiger partial charge in [-0.3, -0.25) is 14.5 Å². The molecule has 1 saturated heterocycles. The second kappa shape index (κ2) is 6.48. The molecule has 0 atom stereocenters. The molecule has 2 amide bonds. The number of likely N-dealkylation sites (tertiary alicyclic amines) is 1. The van der Waals surface area contributed by atoms with Crippen LogP contribution in [0.15, 0.2) is 18.2 Å². The Morgan fingerprint density at radius 2 is 1.91 bits per heavy atom. The number of amides is 2. The first-order valence-electron chi connectivity index (χ1n) is 8.05. The van der Waals surface area contributed by atoms with E-state index in [0.717, 1.165) is 24.3 Å². The highest BCUT2D eigenvalue weighted by molar-refractivity contribution is 6.09. The van der Waals surface area contributed by atoms with Gasteiger partial charge in [0, 0.05) is 31.4 Å². The Morgan fingerprint density at radius 1 is 1.14 bits per heavy atom. The number of anilines is 1. The van der Waals surface area contributed by atoms with Crippen molar-refractivity contribution in [2.75, 3.05) is 38.5 Å². The van der Waals surface area contributed by atoms with Crippen LogP contribution in [0.5, 0.6) is 0 Å². The van der Waals surface area contributed by atoms with Gasteiger partial charge in [-0.25, -0.2) is 0 Å². The van der Waals surface area contributed by atoms with Crippen LogP contribution in [-0.4, -0.2) is 54.8 Å². The number of rotatable bonds is 4. The number of piperidine rings is 1. The van der Waals surface area contributed by atoms with Gasteiger partial charge < -0.3 is 10.2 Å². The molecule has 0 bridgehead atoms. The number of hydrogen-bond donors (Lipinski definition) is 1. The lowest BCUT2D eigenvalue weighted by molar-refractivity contribution is -0.127. The van der Waals surface area contributed by atoms with Crippen molar-refractivity contribution in [1.82, 2.24) is 9.80 Å².